The lowest BCUT2D eigenvalue weighted by Gasteiger charge is -2.05. The molecule has 0 bridgehead atoms. The van der Waals surface area contributed by atoms with Gasteiger partial charge in [-0.15, -0.1) is 0 Å². The summed E-state index contributed by atoms with van der Waals surface area (Å²) in [5, 5.41) is 2.61. The van der Waals surface area contributed by atoms with Gasteiger partial charge in [0.2, 0.25) is 0 Å². The summed E-state index contributed by atoms with van der Waals surface area (Å²) in [5.41, 5.74) is 5.09. The maximum absolute atomic E-state index is 13.3. The SMILES string of the molecule is NC/C=C/CNC(=O)c1c(F)cccc1Cl. The Balaban J connectivity index is 2.70. The Morgan fingerprint density at radius 3 is 2.88 bits per heavy atom. The Morgan fingerprint density at radius 2 is 2.25 bits per heavy atom. The Morgan fingerprint density at radius 1 is 1.50 bits per heavy atom. The maximum Gasteiger partial charge on any atom is 0.256 e. The van der Waals surface area contributed by atoms with Gasteiger partial charge in [-0.3, -0.25) is 4.79 Å². The minimum absolute atomic E-state index is 0.0975. The molecule has 0 aromatic heterocycles. The van der Waals surface area contributed by atoms with Crippen LogP contribution in [0.15, 0.2) is 30.4 Å². The maximum atomic E-state index is 13.3. The summed E-state index contributed by atoms with van der Waals surface area (Å²) >= 11 is 5.73. The minimum Gasteiger partial charge on any atom is -0.348 e. The summed E-state index contributed by atoms with van der Waals surface area (Å²) < 4.78 is 13.3. The molecule has 16 heavy (non-hydrogen) atoms. The van der Waals surface area contributed by atoms with Crippen molar-refractivity contribution in [2.24, 2.45) is 5.73 Å². The van der Waals surface area contributed by atoms with Crippen LogP contribution in [-0.2, 0) is 0 Å². The topological polar surface area (TPSA) is 55.1 Å². The van der Waals surface area contributed by atoms with E-state index >= 15 is 0 Å². The summed E-state index contributed by atoms with van der Waals surface area (Å²) in [7, 11) is 0. The van der Waals surface area contributed by atoms with Crippen LogP contribution < -0.4 is 11.1 Å². The van der Waals surface area contributed by atoms with Gasteiger partial charge in [-0.2, -0.15) is 0 Å². The van der Waals surface area contributed by atoms with Gasteiger partial charge in [0.1, 0.15) is 5.82 Å². The van der Waals surface area contributed by atoms with Gasteiger partial charge >= 0.3 is 0 Å². The van der Waals surface area contributed by atoms with E-state index in [4.69, 9.17) is 17.3 Å². The highest BCUT2D eigenvalue weighted by molar-refractivity contribution is 6.33. The van der Waals surface area contributed by atoms with Crippen LogP contribution in [0.1, 0.15) is 10.4 Å². The number of nitrogens with one attached hydrogen (secondary N) is 1. The van der Waals surface area contributed by atoms with E-state index in [-0.39, 0.29) is 10.6 Å². The fourth-order valence-electron chi connectivity index (χ4n) is 1.13. The van der Waals surface area contributed by atoms with Crippen LogP contribution in [-0.4, -0.2) is 19.0 Å². The first kappa shape index (κ1) is 12.7. The summed E-state index contributed by atoms with van der Waals surface area (Å²) in [4.78, 5) is 11.5. The van der Waals surface area contributed by atoms with Crippen LogP contribution in [0.3, 0.4) is 0 Å². The number of hydrogen-bond acceptors (Lipinski definition) is 2. The van der Waals surface area contributed by atoms with Crippen molar-refractivity contribution in [2.75, 3.05) is 13.1 Å². The van der Waals surface area contributed by atoms with Crippen molar-refractivity contribution in [3.63, 3.8) is 0 Å². The quantitative estimate of drug-likeness (QED) is 0.790. The van der Waals surface area contributed by atoms with Crippen LogP contribution in [0.25, 0.3) is 0 Å². The molecule has 0 aliphatic carbocycles. The van der Waals surface area contributed by atoms with Crippen LogP contribution in [0.2, 0.25) is 5.02 Å². The molecule has 0 aliphatic heterocycles. The average Bonchev–Trinajstić information content (AvgIpc) is 2.24. The van der Waals surface area contributed by atoms with Gasteiger partial charge in [-0.1, -0.05) is 29.8 Å². The first-order chi connectivity index (χ1) is 7.66. The molecule has 0 radical (unpaired) electrons. The first-order valence-corrected chi connectivity index (χ1v) is 5.12. The molecule has 1 aromatic rings. The second-order valence-corrected chi connectivity index (χ2v) is 3.42. The normalized spacial score (nSPS) is 10.7. The highest BCUT2D eigenvalue weighted by Gasteiger charge is 2.14. The van der Waals surface area contributed by atoms with Crippen molar-refractivity contribution in [1.82, 2.24) is 5.32 Å². The number of carbonyl (C=O) groups excluding carboxylic acids is 1. The van der Waals surface area contributed by atoms with Crippen LogP contribution >= 0.6 is 11.6 Å². The lowest BCUT2D eigenvalue weighted by Crippen LogP contribution is -2.24. The van der Waals surface area contributed by atoms with E-state index in [1.54, 1.807) is 12.2 Å². The molecule has 0 heterocycles. The third-order valence-corrected chi connectivity index (χ3v) is 2.19. The Kier molecular flexibility index (Phi) is 4.95. The molecule has 0 fully saturated rings. The lowest BCUT2D eigenvalue weighted by molar-refractivity contribution is 0.0954. The summed E-state index contributed by atoms with van der Waals surface area (Å²) in [6.07, 6.45) is 3.38. The van der Waals surface area contributed by atoms with E-state index in [9.17, 15) is 9.18 Å². The van der Waals surface area contributed by atoms with Gasteiger partial charge in [0.25, 0.3) is 5.91 Å². The van der Waals surface area contributed by atoms with E-state index in [1.807, 2.05) is 0 Å². The van der Waals surface area contributed by atoms with Crippen molar-refractivity contribution in [2.45, 2.75) is 0 Å². The standard InChI is InChI=1S/C11H12ClFN2O/c12-8-4-3-5-9(13)10(8)11(16)15-7-2-1-6-14/h1-5H,6-7,14H2,(H,15,16)/b2-1+. The van der Waals surface area contributed by atoms with Crippen LogP contribution in [0.5, 0.6) is 0 Å². The molecule has 0 saturated heterocycles. The number of hydrogen-bond donors (Lipinski definition) is 2. The fraction of sp³-hybridized carbons (Fsp3) is 0.182. The molecule has 1 amide bonds. The average molecular weight is 243 g/mol. The van der Waals surface area contributed by atoms with Crippen molar-refractivity contribution in [1.29, 1.82) is 0 Å². The molecule has 0 atom stereocenters. The Labute approximate surface area is 98.1 Å². The summed E-state index contributed by atoms with van der Waals surface area (Å²) in [6.45, 7) is 0.691. The van der Waals surface area contributed by atoms with E-state index in [1.165, 1.54) is 18.2 Å². The number of nitrogens with two attached hydrogens (primary N) is 1. The minimum atomic E-state index is -0.632. The predicted molar refractivity (Wildman–Crippen MR) is 61.9 cm³/mol. The third kappa shape index (κ3) is 3.32. The van der Waals surface area contributed by atoms with Gasteiger partial charge < -0.3 is 11.1 Å². The van der Waals surface area contributed by atoms with Gasteiger partial charge in [0.05, 0.1) is 10.6 Å². The smallest absolute Gasteiger partial charge is 0.256 e. The zero-order valence-electron chi connectivity index (χ0n) is 8.54. The van der Waals surface area contributed by atoms with Crippen LogP contribution in [0, 0.1) is 5.82 Å². The highest BCUT2D eigenvalue weighted by atomic mass is 35.5. The van der Waals surface area contributed by atoms with Crippen molar-refractivity contribution in [3.8, 4) is 0 Å². The molecule has 86 valence electrons. The van der Waals surface area contributed by atoms with Gasteiger partial charge in [-0.25, -0.2) is 4.39 Å². The Bertz CT molecular complexity index is 387. The molecule has 0 saturated carbocycles. The van der Waals surface area contributed by atoms with Gasteiger partial charge in [0.15, 0.2) is 0 Å². The second-order valence-electron chi connectivity index (χ2n) is 3.01. The zero-order valence-corrected chi connectivity index (χ0v) is 9.30. The molecule has 0 spiro atoms. The number of halogens is 2. The van der Waals surface area contributed by atoms with E-state index in [2.05, 4.69) is 5.32 Å². The fourth-order valence-corrected chi connectivity index (χ4v) is 1.38. The highest BCUT2D eigenvalue weighted by Crippen LogP contribution is 2.18. The van der Waals surface area contributed by atoms with E-state index in [0.717, 1.165) is 0 Å². The predicted octanol–water partition coefficient (Wildman–Crippen LogP) is 1.72. The number of amides is 1. The second kappa shape index (κ2) is 6.25. The van der Waals surface area contributed by atoms with E-state index < -0.39 is 11.7 Å². The van der Waals surface area contributed by atoms with Gasteiger partial charge in [0, 0.05) is 13.1 Å². The molecular formula is C11H12ClFN2O. The number of benzene rings is 1. The molecule has 0 aliphatic rings. The zero-order chi connectivity index (χ0) is 12.0. The van der Waals surface area contributed by atoms with Crippen LogP contribution in [0.4, 0.5) is 4.39 Å². The molecule has 5 heteroatoms. The Hall–Kier alpha value is -1.39. The molecule has 1 aromatic carbocycles. The summed E-state index contributed by atoms with van der Waals surface area (Å²) in [6, 6.07) is 4.11. The molecule has 0 unspecified atom stereocenters. The summed E-state index contributed by atoms with van der Waals surface area (Å²) in [5.74, 6) is -1.17. The first-order valence-electron chi connectivity index (χ1n) is 4.74. The monoisotopic (exact) mass is 242 g/mol. The van der Waals surface area contributed by atoms with Crippen molar-refractivity contribution < 1.29 is 9.18 Å². The molecule has 1 rings (SSSR count). The third-order valence-electron chi connectivity index (χ3n) is 1.87. The number of carbonyl (C=O) groups is 1. The largest absolute Gasteiger partial charge is 0.348 e. The molecule has 3 nitrogen and oxygen atoms in total. The van der Waals surface area contributed by atoms with Crippen molar-refractivity contribution >= 4 is 17.5 Å². The molecular weight excluding hydrogens is 231 g/mol. The van der Waals surface area contributed by atoms with E-state index in [0.29, 0.717) is 13.1 Å². The molecule has 3 N–H and O–H groups in total. The van der Waals surface area contributed by atoms with Crippen molar-refractivity contribution in [3.05, 3.63) is 46.8 Å². The lowest BCUT2D eigenvalue weighted by atomic mass is 10.2. The number of rotatable bonds is 4. The van der Waals surface area contributed by atoms with Gasteiger partial charge in [-0.05, 0) is 12.1 Å².